The maximum absolute atomic E-state index is 11.0. The van der Waals surface area contributed by atoms with E-state index in [-0.39, 0.29) is 11.0 Å². The third kappa shape index (κ3) is 6.42. The summed E-state index contributed by atoms with van der Waals surface area (Å²) in [6.07, 6.45) is 3.72. The quantitative estimate of drug-likeness (QED) is 0.808. The van der Waals surface area contributed by atoms with Gasteiger partial charge in [0.2, 0.25) is 0 Å². The summed E-state index contributed by atoms with van der Waals surface area (Å²) in [5.41, 5.74) is 7.81. The Labute approximate surface area is 145 Å². The van der Waals surface area contributed by atoms with E-state index in [1.165, 1.54) is 5.56 Å². The van der Waals surface area contributed by atoms with Gasteiger partial charge in [0, 0.05) is 18.4 Å². The molecule has 3 N–H and O–H groups in total. The number of ether oxygens (including phenoxy) is 1. The first-order valence-corrected chi connectivity index (χ1v) is 8.42. The van der Waals surface area contributed by atoms with Crippen LogP contribution < -0.4 is 11.1 Å². The Hall–Kier alpha value is -1.72. The Kier molecular flexibility index (Phi) is 8.08. The van der Waals surface area contributed by atoms with Gasteiger partial charge in [-0.05, 0) is 57.8 Å². The van der Waals surface area contributed by atoms with Crippen LogP contribution in [-0.2, 0) is 26.3 Å². The number of rotatable bonds is 5. The minimum Gasteiger partial charge on any atom is -0.462 e. The highest BCUT2D eigenvalue weighted by atomic mass is 16.5. The van der Waals surface area contributed by atoms with Gasteiger partial charge in [-0.3, -0.25) is 4.79 Å². The van der Waals surface area contributed by atoms with Gasteiger partial charge in [-0.1, -0.05) is 24.3 Å². The molecule has 1 fully saturated rings. The second-order valence-corrected chi connectivity index (χ2v) is 7.13. The lowest BCUT2D eigenvalue weighted by atomic mass is 9.71. The van der Waals surface area contributed by atoms with Crippen LogP contribution in [0.3, 0.4) is 0 Å². The largest absolute Gasteiger partial charge is 0.462 e. The molecule has 0 saturated carbocycles. The first kappa shape index (κ1) is 20.3. The molecule has 134 valence electrons. The van der Waals surface area contributed by atoms with Crippen LogP contribution in [0.2, 0.25) is 0 Å². The molecule has 0 aliphatic carbocycles. The van der Waals surface area contributed by atoms with Crippen LogP contribution >= 0.6 is 0 Å². The first-order valence-electron chi connectivity index (χ1n) is 8.42. The summed E-state index contributed by atoms with van der Waals surface area (Å²) in [5, 5.41) is 3.36. The molecule has 1 heterocycles. The molecule has 0 unspecified atom stereocenters. The van der Waals surface area contributed by atoms with Crippen molar-refractivity contribution in [2.24, 2.45) is 5.73 Å². The molecule has 0 radical (unpaired) electrons. The average Bonchev–Trinajstić information content (AvgIpc) is 2.55. The van der Waals surface area contributed by atoms with Crippen LogP contribution in [0.1, 0.15) is 51.2 Å². The Morgan fingerprint density at radius 3 is 2.38 bits per heavy atom. The van der Waals surface area contributed by atoms with Gasteiger partial charge in [0.1, 0.15) is 11.9 Å². The summed E-state index contributed by atoms with van der Waals surface area (Å²) >= 11 is 0. The lowest BCUT2D eigenvalue weighted by molar-refractivity contribution is -0.138. The van der Waals surface area contributed by atoms with E-state index in [0.717, 1.165) is 37.8 Å². The molecular formula is C19H30N2O3. The van der Waals surface area contributed by atoms with Crippen molar-refractivity contribution in [2.45, 2.75) is 57.6 Å². The molecule has 2 rings (SSSR count). The number of hydrogen-bond acceptors (Lipinski definition) is 5. The molecule has 1 aliphatic rings. The molecule has 1 aliphatic heterocycles. The van der Waals surface area contributed by atoms with Crippen LogP contribution in [0.15, 0.2) is 24.3 Å². The third-order valence-electron chi connectivity index (χ3n) is 4.21. The van der Waals surface area contributed by atoms with Gasteiger partial charge in [-0.25, -0.2) is 0 Å². The van der Waals surface area contributed by atoms with Crippen molar-refractivity contribution in [1.82, 2.24) is 5.32 Å². The van der Waals surface area contributed by atoms with Crippen molar-refractivity contribution in [3.63, 3.8) is 0 Å². The van der Waals surface area contributed by atoms with Crippen LogP contribution in [0.25, 0.3) is 0 Å². The van der Waals surface area contributed by atoms with Crippen molar-refractivity contribution >= 4 is 12.8 Å². The lowest BCUT2D eigenvalue weighted by Crippen LogP contribution is -2.40. The number of nitrogens with two attached hydrogens (primary N) is 1. The van der Waals surface area contributed by atoms with E-state index in [1.807, 2.05) is 32.9 Å². The number of carbonyl (C=O) groups is 2. The fraction of sp³-hybridized carbons (Fsp3) is 0.579. The van der Waals surface area contributed by atoms with Crippen molar-refractivity contribution in [3.05, 3.63) is 35.4 Å². The second kappa shape index (κ2) is 9.55. The molecule has 5 heteroatoms. The molecule has 1 aromatic rings. The smallest absolute Gasteiger partial charge is 0.293 e. The molecule has 0 bridgehead atoms. The fourth-order valence-electron chi connectivity index (χ4n) is 2.85. The zero-order chi connectivity index (χ0) is 18.1. The number of aldehydes is 1. The summed E-state index contributed by atoms with van der Waals surface area (Å²) < 4.78 is 4.55. The van der Waals surface area contributed by atoms with Crippen LogP contribution in [0, 0.1) is 0 Å². The molecule has 24 heavy (non-hydrogen) atoms. The number of benzene rings is 1. The van der Waals surface area contributed by atoms with Gasteiger partial charge in [0.15, 0.2) is 0 Å². The monoisotopic (exact) mass is 334 g/mol. The number of nitrogens with one attached hydrogen (secondary N) is 1. The van der Waals surface area contributed by atoms with E-state index in [1.54, 1.807) is 0 Å². The third-order valence-corrected chi connectivity index (χ3v) is 4.21. The Morgan fingerprint density at radius 2 is 1.92 bits per heavy atom. The Balaban J connectivity index is 0.000000351. The van der Waals surface area contributed by atoms with E-state index in [0.29, 0.717) is 19.4 Å². The second-order valence-electron chi connectivity index (χ2n) is 7.13. The highest BCUT2D eigenvalue weighted by molar-refractivity contribution is 5.54. The SMILES string of the molecule is CC(C)(C)OC=O.NCc1cccc(C2(CC=O)CCNCC2)c1. The standard InChI is InChI=1S/C14H20N2O.C5H10O2/c15-11-12-2-1-3-13(10-12)14(6-9-17)4-7-16-8-5-14;1-5(2,3)7-4-6/h1-3,9-10,16H,4-8,11,15H2;4H,1-3H3. The average molecular weight is 334 g/mol. The van der Waals surface area contributed by atoms with E-state index >= 15 is 0 Å². The van der Waals surface area contributed by atoms with E-state index in [9.17, 15) is 9.59 Å². The molecule has 0 atom stereocenters. The highest BCUT2D eigenvalue weighted by Gasteiger charge is 2.33. The maximum Gasteiger partial charge on any atom is 0.293 e. The van der Waals surface area contributed by atoms with Crippen molar-refractivity contribution in [2.75, 3.05) is 13.1 Å². The van der Waals surface area contributed by atoms with Crippen molar-refractivity contribution < 1.29 is 14.3 Å². The summed E-state index contributed by atoms with van der Waals surface area (Å²) in [4.78, 5) is 20.6. The number of hydrogen-bond donors (Lipinski definition) is 2. The lowest BCUT2D eigenvalue weighted by Gasteiger charge is -2.37. The predicted octanol–water partition coefficient (Wildman–Crippen LogP) is 2.31. The van der Waals surface area contributed by atoms with Gasteiger partial charge in [-0.15, -0.1) is 0 Å². The minimum absolute atomic E-state index is 0.0260. The van der Waals surface area contributed by atoms with Crippen molar-refractivity contribution in [1.29, 1.82) is 0 Å². The molecule has 1 saturated heterocycles. The topological polar surface area (TPSA) is 81.4 Å². The van der Waals surface area contributed by atoms with E-state index in [4.69, 9.17) is 5.73 Å². The van der Waals surface area contributed by atoms with Gasteiger partial charge in [0.25, 0.3) is 6.47 Å². The van der Waals surface area contributed by atoms with Gasteiger partial charge in [-0.2, -0.15) is 0 Å². The first-order chi connectivity index (χ1) is 11.4. The molecule has 0 aromatic heterocycles. The van der Waals surface area contributed by atoms with Crippen LogP contribution in [0.5, 0.6) is 0 Å². The molecule has 5 nitrogen and oxygen atoms in total. The fourth-order valence-corrected chi connectivity index (χ4v) is 2.85. The van der Waals surface area contributed by atoms with Crippen molar-refractivity contribution in [3.8, 4) is 0 Å². The maximum atomic E-state index is 11.0. The summed E-state index contributed by atoms with van der Waals surface area (Å²) in [6.45, 7) is 8.45. The summed E-state index contributed by atoms with van der Waals surface area (Å²) in [5.74, 6) is 0. The van der Waals surface area contributed by atoms with Crippen LogP contribution in [0.4, 0.5) is 0 Å². The number of carbonyl (C=O) groups excluding carboxylic acids is 2. The van der Waals surface area contributed by atoms with Gasteiger partial charge >= 0.3 is 0 Å². The summed E-state index contributed by atoms with van der Waals surface area (Å²) in [7, 11) is 0. The molecular weight excluding hydrogens is 304 g/mol. The predicted molar refractivity (Wildman–Crippen MR) is 95.7 cm³/mol. The van der Waals surface area contributed by atoms with E-state index < -0.39 is 0 Å². The Bertz CT molecular complexity index is 518. The van der Waals surface area contributed by atoms with E-state index in [2.05, 4.69) is 22.2 Å². The van der Waals surface area contributed by atoms with Crippen LogP contribution in [-0.4, -0.2) is 31.4 Å². The normalized spacial score (nSPS) is 16.5. The zero-order valence-corrected chi connectivity index (χ0v) is 15.0. The highest BCUT2D eigenvalue weighted by Crippen LogP contribution is 2.36. The summed E-state index contributed by atoms with van der Waals surface area (Å²) in [6, 6.07) is 8.38. The van der Waals surface area contributed by atoms with Gasteiger partial charge < -0.3 is 20.6 Å². The number of piperidine rings is 1. The Morgan fingerprint density at radius 1 is 1.25 bits per heavy atom. The molecule has 1 aromatic carbocycles. The van der Waals surface area contributed by atoms with Gasteiger partial charge in [0.05, 0.1) is 0 Å². The molecule has 0 amide bonds. The zero-order valence-electron chi connectivity index (χ0n) is 15.0. The molecule has 0 spiro atoms. The minimum atomic E-state index is -0.318.